The maximum atomic E-state index is 6.41. The van der Waals surface area contributed by atoms with Crippen LogP contribution in [0.25, 0.3) is 0 Å². The van der Waals surface area contributed by atoms with E-state index in [1.54, 1.807) is 0 Å². The lowest BCUT2D eigenvalue weighted by atomic mass is 10.0. The van der Waals surface area contributed by atoms with Crippen LogP contribution in [0.4, 0.5) is 0 Å². The van der Waals surface area contributed by atoms with Crippen LogP contribution in [-0.2, 0) is 10.8 Å². The first-order valence-corrected chi connectivity index (χ1v) is 9.44. The zero-order valence-electron chi connectivity index (χ0n) is 13.5. The number of hydrogen-bond acceptors (Lipinski definition) is 1. The molecule has 0 atom stereocenters. The smallest absolute Gasteiger partial charge is 0.193 e. The van der Waals surface area contributed by atoms with Crippen molar-refractivity contribution in [2.24, 2.45) is 0 Å². The number of aryl methyl sites for hydroxylation is 1. The number of benzene rings is 3. The van der Waals surface area contributed by atoms with Gasteiger partial charge in [0.15, 0.2) is 9.76 Å². The Labute approximate surface area is 140 Å². The third-order valence-electron chi connectivity index (χ3n) is 4.05. The Morgan fingerprint density at radius 1 is 0.739 bits per heavy atom. The molecule has 0 saturated carbocycles. The van der Waals surface area contributed by atoms with Crippen molar-refractivity contribution in [3.8, 4) is 0 Å². The standard InChI is InChI=1S/C21H22OSi/c1-2-17-13-15-20(16-14-17)23-22-21(18-9-5-3-6-10-18)19-11-7-4-8-12-19/h3-16,21H,2,23H2,1H3. The second kappa shape index (κ2) is 7.91. The molecule has 0 aromatic heterocycles. The van der Waals surface area contributed by atoms with Gasteiger partial charge >= 0.3 is 0 Å². The van der Waals surface area contributed by atoms with Crippen molar-refractivity contribution in [1.82, 2.24) is 0 Å². The molecule has 3 aromatic rings. The zero-order chi connectivity index (χ0) is 15.9. The van der Waals surface area contributed by atoms with Crippen LogP contribution in [-0.4, -0.2) is 9.76 Å². The molecule has 0 saturated heterocycles. The normalized spacial score (nSPS) is 11.4. The van der Waals surface area contributed by atoms with Crippen molar-refractivity contribution in [2.45, 2.75) is 19.4 Å². The molecule has 0 aliphatic rings. The molecule has 1 nitrogen and oxygen atoms in total. The fourth-order valence-electron chi connectivity index (χ4n) is 2.69. The van der Waals surface area contributed by atoms with Crippen LogP contribution in [0.3, 0.4) is 0 Å². The van der Waals surface area contributed by atoms with Gasteiger partial charge in [-0.05, 0) is 28.3 Å². The van der Waals surface area contributed by atoms with Crippen LogP contribution in [0, 0.1) is 0 Å². The van der Waals surface area contributed by atoms with Crippen LogP contribution in [0.15, 0.2) is 84.9 Å². The second-order valence-corrected chi connectivity index (χ2v) is 7.12. The molecule has 0 N–H and O–H groups in total. The summed E-state index contributed by atoms with van der Waals surface area (Å²) in [5.41, 5.74) is 3.82. The van der Waals surface area contributed by atoms with Gasteiger partial charge in [-0.1, -0.05) is 91.9 Å². The van der Waals surface area contributed by atoms with Crippen LogP contribution in [0.5, 0.6) is 0 Å². The first kappa shape index (κ1) is 15.7. The average molecular weight is 318 g/mol. The van der Waals surface area contributed by atoms with Gasteiger partial charge in [0.2, 0.25) is 0 Å². The van der Waals surface area contributed by atoms with Crippen molar-refractivity contribution >= 4 is 14.9 Å². The van der Waals surface area contributed by atoms with Crippen molar-refractivity contribution in [3.05, 3.63) is 102 Å². The van der Waals surface area contributed by atoms with Gasteiger partial charge in [-0.2, -0.15) is 0 Å². The van der Waals surface area contributed by atoms with E-state index in [0.29, 0.717) is 0 Å². The summed E-state index contributed by atoms with van der Waals surface area (Å²) in [6.07, 6.45) is 1.11. The van der Waals surface area contributed by atoms with Crippen molar-refractivity contribution in [3.63, 3.8) is 0 Å². The van der Waals surface area contributed by atoms with E-state index < -0.39 is 9.76 Å². The highest BCUT2D eigenvalue weighted by Crippen LogP contribution is 2.25. The van der Waals surface area contributed by atoms with Gasteiger partial charge in [0.05, 0.1) is 6.10 Å². The molecule has 0 aliphatic heterocycles. The molecule has 0 aliphatic carbocycles. The largest absolute Gasteiger partial charge is 0.408 e. The summed E-state index contributed by atoms with van der Waals surface area (Å²) in [7, 11) is -0.770. The van der Waals surface area contributed by atoms with E-state index in [0.717, 1.165) is 6.42 Å². The Kier molecular flexibility index (Phi) is 5.40. The average Bonchev–Trinajstić information content (AvgIpc) is 2.64. The van der Waals surface area contributed by atoms with Gasteiger partial charge in [-0.3, -0.25) is 0 Å². The van der Waals surface area contributed by atoms with E-state index in [-0.39, 0.29) is 6.10 Å². The SMILES string of the molecule is CCc1ccc([SiH2]OC(c2ccccc2)c2ccccc2)cc1. The van der Waals surface area contributed by atoms with Gasteiger partial charge in [-0.15, -0.1) is 0 Å². The topological polar surface area (TPSA) is 9.23 Å². The first-order chi connectivity index (χ1) is 11.4. The molecular weight excluding hydrogens is 296 g/mol. The molecule has 2 heteroatoms. The molecular formula is C21H22OSi. The summed E-state index contributed by atoms with van der Waals surface area (Å²) in [5.74, 6) is 0. The summed E-state index contributed by atoms with van der Waals surface area (Å²) < 4.78 is 6.41. The highest BCUT2D eigenvalue weighted by atomic mass is 28.2. The summed E-state index contributed by atoms with van der Waals surface area (Å²) in [6, 6.07) is 29.8. The maximum Gasteiger partial charge on any atom is 0.193 e. The monoisotopic (exact) mass is 318 g/mol. The fraction of sp³-hybridized carbons (Fsp3) is 0.143. The fourth-order valence-corrected chi connectivity index (χ4v) is 3.86. The van der Waals surface area contributed by atoms with Crippen LogP contribution in [0.2, 0.25) is 0 Å². The van der Waals surface area contributed by atoms with Crippen molar-refractivity contribution in [1.29, 1.82) is 0 Å². The predicted molar refractivity (Wildman–Crippen MR) is 99.8 cm³/mol. The predicted octanol–water partition coefficient (Wildman–Crippen LogP) is 3.76. The Morgan fingerprint density at radius 2 is 1.26 bits per heavy atom. The minimum absolute atomic E-state index is 0.0231. The summed E-state index contributed by atoms with van der Waals surface area (Å²) >= 11 is 0. The highest BCUT2D eigenvalue weighted by Gasteiger charge is 2.14. The second-order valence-electron chi connectivity index (χ2n) is 5.68. The third-order valence-corrected chi connectivity index (χ3v) is 5.36. The van der Waals surface area contributed by atoms with Gasteiger partial charge in [-0.25, -0.2) is 0 Å². The third kappa shape index (κ3) is 4.18. The number of hydrogen-bond donors (Lipinski definition) is 0. The summed E-state index contributed by atoms with van der Waals surface area (Å²) in [5, 5.41) is 1.35. The minimum atomic E-state index is -0.770. The highest BCUT2D eigenvalue weighted by molar-refractivity contribution is 6.46. The Bertz CT molecular complexity index is 668. The summed E-state index contributed by atoms with van der Waals surface area (Å²) in [6.45, 7) is 2.18. The molecule has 0 spiro atoms. The molecule has 0 bridgehead atoms. The molecule has 3 rings (SSSR count). The molecule has 0 amide bonds. The Morgan fingerprint density at radius 3 is 1.74 bits per heavy atom. The van der Waals surface area contributed by atoms with E-state index in [9.17, 15) is 0 Å². The minimum Gasteiger partial charge on any atom is -0.408 e. The Balaban J connectivity index is 1.79. The molecule has 23 heavy (non-hydrogen) atoms. The zero-order valence-corrected chi connectivity index (χ0v) is 14.9. The molecule has 116 valence electrons. The molecule has 0 fully saturated rings. The van der Waals surface area contributed by atoms with Crippen LogP contribution >= 0.6 is 0 Å². The van der Waals surface area contributed by atoms with Crippen LogP contribution < -0.4 is 5.19 Å². The van der Waals surface area contributed by atoms with Gasteiger partial charge in [0.1, 0.15) is 0 Å². The van der Waals surface area contributed by atoms with E-state index in [4.69, 9.17) is 4.43 Å². The van der Waals surface area contributed by atoms with Crippen LogP contribution in [0.1, 0.15) is 29.7 Å². The summed E-state index contributed by atoms with van der Waals surface area (Å²) in [4.78, 5) is 0. The lowest BCUT2D eigenvalue weighted by molar-refractivity contribution is 0.266. The first-order valence-electron chi connectivity index (χ1n) is 8.16. The molecule has 0 heterocycles. The molecule has 0 unspecified atom stereocenters. The quantitative estimate of drug-likeness (QED) is 0.629. The maximum absolute atomic E-state index is 6.41. The Hall–Kier alpha value is -2.16. The van der Waals surface area contributed by atoms with Crippen molar-refractivity contribution < 1.29 is 4.43 Å². The molecule has 3 aromatic carbocycles. The lowest BCUT2D eigenvalue weighted by Crippen LogP contribution is -2.20. The van der Waals surface area contributed by atoms with E-state index in [1.165, 1.54) is 21.9 Å². The molecule has 0 radical (unpaired) electrons. The van der Waals surface area contributed by atoms with Gasteiger partial charge < -0.3 is 4.43 Å². The van der Waals surface area contributed by atoms with Gasteiger partial charge in [0, 0.05) is 0 Å². The van der Waals surface area contributed by atoms with Gasteiger partial charge in [0.25, 0.3) is 0 Å². The van der Waals surface area contributed by atoms with E-state index >= 15 is 0 Å². The number of rotatable bonds is 6. The van der Waals surface area contributed by atoms with E-state index in [1.807, 2.05) is 12.1 Å². The van der Waals surface area contributed by atoms with E-state index in [2.05, 4.69) is 79.7 Å². The lowest BCUT2D eigenvalue weighted by Gasteiger charge is -2.19. The van der Waals surface area contributed by atoms with Crippen molar-refractivity contribution in [2.75, 3.05) is 0 Å².